The van der Waals surface area contributed by atoms with Crippen LogP contribution in [0.25, 0.3) is 10.9 Å². The molecule has 3 aromatic carbocycles. The summed E-state index contributed by atoms with van der Waals surface area (Å²) in [6.07, 6.45) is 0.934. The Labute approximate surface area is 204 Å². The van der Waals surface area contributed by atoms with Gasteiger partial charge in [0, 0.05) is 28.7 Å². The summed E-state index contributed by atoms with van der Waals surface area (Å²) in [5.41, 5.74) is 4.92. The summed E-state index contributed by atoms with van der Waals surface area (Å²) in [7, 11) is 0. The van der Waals surface area contributed by atoms with Crippen molar-refractivity contribution in [1.82, 2.24) is 9.88 Å². The molecule has 0 radical (unpaired) electrons. The van der Waals surface area contributed by atoms with Gasteiger partial charge in [0.15, 0.2) is 11.5 Å². The SMILES string of the molecule is CCOc1cccc(CC(=O)N2CCc3c([nH]c4ccccc34)[C@@H]2c2ccc(F)cc2)c1OCC. The van der Waals surface area contributed by atoms with Crippen molar-refractivity contribution in [3.05, 3.63) is 94.9 Å². The molecule has 5 rings (SSSR count). The van der Waals surface area contributed by atoms with Crippen LogP contribution >= 0.6 is 0 Å². The van der Waals surface area contributed by atoms with E-state index in [0.717, 1.165) is 28.8 Å². The number of aromatic amines is 1. The second kappa shape index (κ2) is 9.82. The van der Waals surface area contributed by atoms with Crippen LogP contribution in [0, 0.1) is 5.82 Å². The fraction of sp³-hybridized carbons (Fsp3) is 0.276. The third kappa shape index (κ3) is 4.36. The van der Waals surface area contributed by atoms with Gasteiger partial charge < -0.3 is 19.4 Å². The molecule has 5 nitrogen and oxygen atoms in total. The number of amides is 1. The van der Waals surface area contributed by atoms with Crippen molar-refractivity contribution in [2.75, 3.05) is 19.8 Å². The van der Waals surface area contributed by atoms with Crippen LogP contribution in [0.4, 0.5) is 4.39 Å². The highest BCUT2D eigenvalue weighted by Crippen LogP contribution is 2.39. The van der Waals surface area contributed by atoms with Gasteiger partial charge in [-0.1, -0.05) is 42.5 Å². The molecule has 2 heterocycles. The van der Waals surface area contributed by atoms with Crippen LogP contribution in [-0.4, -0.2) is 35.5 Å². The van der Waals surface area contributed by atoms with E-state index < -0.39 is 0 Å². The van der Waals surface area contributed by atoms with Gasteiger partial charge in [-0.2, -0.15) is 0 Å². The van der Waals surface area contributed by atoms with Gasteiger partial charge in [0.2, 0.25) is 5.91 Å². The molecule has 0 bridgehead atoms. The number of rotatable bonds is 7. The Morgan fingerprint density at radius 2 is 1.77 bits per heavy atom. The summed E-state index contributed by atoms with van der Waals surface area (Å²) in [5.74, 6) is 0.949. The molecule has 1 amide bonds. The largest absolute Gasteiger partial charge is 0.490 e. The van der Waals surface area contributed by atoms with Crippen LogP contribution in [0.2, 0.25) is 0 Å². The van der Waals surface area contributed by atoms with Crippen LogP contribution in [-0.2, 0) is 17.6 Å². The van der Waals surface area contributed by atoms with Crippen molar-refractivity contribution in [2.45, 2.75) is 32.7 Å². The molecular weight excluding hydrogens is 443 g/mol. The Morgan fingerprint density at radius 3 is 2.54 bits per heavy atom. The highest BCUT2D eigenvalue weighted by atomic mass is 19.1. The zero-order chi connectivity index (χ0) is 24.4. The number of carbonyl (C=O) groups is 1. The first-order chi connectivity index (χ1) is 17.1. The number of fused-ring (bicyclic) bond motifs is 3. The molecule has 1 N–H and O–H groups in total. The van der Waals surface area contributed by atoms with Crippen LogP contribution in [0.15, 0.2) is 66.7 Å². The number of H-pyrrole nitrogens is 1. The third-order valence-electron chi connectivity index (χ3n) is 6.53. The lowest BCUT2D eigenvalue weighted by molar-refractivity contribution is -0.132. The summed E-state index contributed by atoms with van der Waals surface area (Å²) in [6.45, 7) is 5.41. The minimum atomic E-state index is -0.329. The zero-order valence-corrected chi connectivity index (χ0v) is 20.0. The number of benzene rings is 3. The van der Waals surface area contributed by atoms with E-state index in [1.165, 1.54) is 23.1 Å². The van der Waals surface area contributed by atoms with Crippen LogP contribution < -0.4 is 9.47 Å². The zero-order valence-electron chi connectivity index (χ0n) is 20.0. The van der Waals surface area contributed by atoms with Crippen LogP contribution in [0.1, 0.15) is 42.3 Å². The first-order valence-corrected chi connectivity index (χ1v) is 12.1. The standard InChI is InChI=1S/C29H29FN2O3/c1-3-34-25-11-7-8-20(29(25)35-4-2)18-26(33)32-17-16-23-22-9-5-6-10-24(22)31-27(23)28(32)19-12-14-21(30)15-13-19/h5-15,28,31H,3-4,16-18H2,1-2H3/t28-/m0/s1. The van der Waals surface area contributed by atoms with E-state index in [1.807, 2.05) is 49.1 Å². The first-order valence-electron chi connectivity index (χ1n) is 12.1. The van der Waals surface area contributed by atoms with E-state index in [-0.39, 0.29) is 24.2 Å². The van der Waals surface area contributed by atoms with Crippen molar-refractivity contribution in [3.63, 3.8) is 0 Å². The summed E-state index contributed by atoms with van der Waals surface area (Å²) < 4.78 is 25.4. The number of nitrogens with zero attached hydrogens (tertiary/aromatic N) is 1. The predicted octanol–water partition coefficient (Wildman–Crippen LogP) is 5.82. The topological polar surface area (TPSA) is 54.6 Å². The molecule has 0 aliphatic carbocycles. The van der Waals surface area contributed by atoms with E-state index in [0.29, 0.717) is 31.3 Å². The number of hydrogen-bond acceptors (Lipinski definition) is 3. The molecule has 1 atom stereocenters. The van der Waals surface area contributed by atoms with E-state index in [1.54, 1.807) is 12.1 Å². The molecule has 1 aliphatic heterocycles. The van der Waals surface area contributed by atoms with E-state index in [2.05, 4.69) is 17.1 Å². The number of nitrogens with one attached hydrogen (secondary N) is 1. The molecular formula is C29H29FN2O3. The van der Waals surface area contributed by atoms with Gasteiger partial charge >= 0.3 is 0 Å². The highest BCUT2D eigenvalue weighted by Gasteiger charge is 2.34. The number of ether oxygens (including phenoxy) is 2. The Morgan fingerprint density at radius 1 is 1.00 bits per heavy atom. The molecule has 0 saturated heterocycles. The monoisotopic (exact) mass is 472 g/mol. The third-order valence-corrected chi connectivity index (χ3v) is 6.53. The number of para-hydroxylation sites is 2. The molecule has 0 saturated carbocycles. The van der Waals surface area contributed by atoms with Crippen molar-refractivity contribution in [3.8, 4) is 11.5 Å². The summed E-state index contributed by atoms with van der Waals surface area (Å²) in [6, 6.07) is 20.0. The lowest BCUT2D eigenvalue weighted by Crippen LogP contribution is -2.41. The highest BCUT2D eigenvalue weighted by molar-refractivity contribution is 5.87. The van der Waals surface area contributed by atoms with Crippen molar-refractivity contribution in [1.29, 1.82) is 0 Å². The van der Waals surface area contributed by atoms with Crippen LogP contribution in [0.3, 0.4) is 0 Å². The summed E-state index contributed by atoms with van der Waals surface area (Å²) in [4.78, 5) is 19.3. The maximum Gasteiger partial charge on any atom is 0.227 e. The van der Waals surface area contributed by atoms with Crippen molar-refractivity contribution >= 4 is 16.8 Å². The average Bonchev–Trinajstić information content (AvgIpc) is 3.25. The Kier molecular flexibility index (Phi) is 6.45. The first kappa shape index (κ1) is 23.0. The molecule has 6 heteroatoms. The maximum absolute atomic E-state index is 13.8. The number of halogens is 1. The Balaban J connectivity index is 1.54. The normalized spacial score (nSPS) is 15.2. The average molecular weight is 473 g/mol. The van der Waals surface area contributed by atoms with Gasteiger partial charge in [-0.25, -0.2) is 4.39 Å². The molecule has 35 heavy (non-hydrogen) atoms. The lowest BCUT2D eigenvalue weighted by Gasteiger charge is -2.36. The minimum absolute atomic E-state index is 0.0155. The van der Waals surface area contributed by atoms with E-state index in [4.69, 9.17) is 9.47 Å². The van der Waals surface area contributed by atoms with E-state index >= 15 is 0 Å². The van der Waals surface area contributed by atoms with Crippen LogP contribution in [0.5, 0.6) is 11.5 Å². The summed E-state index contributed by atoms with van der Waals surface area (Å²) >= 11 is 0. The molecule has 0 fully saturated rings. The molecule has 1 aromatic heterocycles. The Hall–Kier alpha value is -3.80. The second-order valence-corrected chi connectivity index (χ2v) is 8.64. The smallest absolute Gasteiger partial charge is 0.227 e. The van der Waals surface area contributed by atoms with Gasteiger partial charge in [0.25, 0.3) is 0 Å². The predicted molar refractivity (Wildman–Crippen MR) is 134 cm³/mol. The Bertz CT molecular complexity index is 1350. The quantitative estimate of drug-likeness (QED) is 0.369. The van der Waals surface area contributed by atoms with Gasteiger partial charge in [-0.3, -0.25) is 4.79 Å². The summed E-state index contributed by atoms with van der Waals surface area (Å²) in [5, 5.41) is 1.17. The molecule has 0 unspecified atom stereocenters. The molecule has 0 spiro atoms. The fourth-order valence-electron chi connectivity index (χ4n) is 5.04. The van der Waals surface area contributed by atoms with Crippen molar-refractivity contribution in [2.24, 2.45) is 0 Å². The van der Waals surface area contributed by atoms with Gasteiger partial charge in [0.1, 0.15) is 5.82 Å². The van der Waals surface area contributed by atoms with Gasteiger partial charge in [0.05, 0.1) is 25.7 Å². The molecule has 1 aliphatic rings. The maximum atomic E-state index is 13.8. The minimum Gasteiger partial charge on any atom is -0.490 e. The number of aromatic nitrogens is 1. The lowest BCUT2D eigenvalue weighted by atomic mass is 9.91. The molecule has 4 aromatic rings. The second-order valence-electron chi connectivity index (χ2n) is 8.64. The van der Waals surface area contributed by atoms with Crippen molar-refractivity contribution < 1.29 is 18.7 Å². The fourth-order valence-corrected chi connectivity index (χ4v) is 5.04. The van der Waals surface area contributed by atoms with Gasteiger partial charge in [-0.05, 0) is 55.7 Å². The number of carbonyl (C=O) groups excluding carboxylic acids is 1. The van der Waals surface area contributed by atoms with Gasteiger partial charge in [-0.15, -0.1) is 0 Å². The number of hydrogen-bond donors (Lipinski definition) is 1. The van der Waals surface area contributed by atoms with E-state index in [9.17, 15) is 9.18 Å². The molecule has 180 valence electrons.